The van der Waals surface area contributed by atoms with Crippen LogP contribution < -0.4 is 15.7 Å². The first-order chi connectivity index (χ1) is 12.6. The normalized spacial score (nSPS) is 12.8. The molecule has 0 saturated heterocycles. The standard InChI is InChI=1S/C20H16FNO4/c21-12-4-6-13(7-5-12)22-19(23)11-25-14-8-9-16-15-2-1-3-17(15)20(24)26-18(16)10-14/h4-10H,1-3,11H2,(H,22,23). The number of carbonyl (C=O) groups is 1. The summed E-state index contributed by atoms with van der Waals surface area (Å²) in [7, 11) is 0. The van der Waals surface area contributed by atoms with Gasteiger partial charge < -0.3 is 14.5 Å². The third kappa shape index (κ3) is 3.18. The van der Waals surface area contributed by atoms with E-state index in [2.05, 4.69) is 5.32 Å². The molecule has 0 saturated carbocycles. The number of anilines is 1. The van der Waals surface area contributed by atoms with Crippen molar-refractivity contribution in [3.8, 4) is 5.75 Å². The summed E-state index contributed by atoms with van der Waals surface area (Å²) in [5, 5.41) is 3.53. The summed E-state index contributed by atoms with van der Waals surface area (Å²) in [4.78, 5) is 24.0. The smallest absolute Gasteiger partial charge is 0.339 e. The summed E-state index contributed by atoms with van der Waals surface area (Å²) >= 11 is 0. The number of nitrogens with one attached hydrogen (secondary N) is 1. The minimum absolute atomic E-state index is 0.210. The van der Waals surface area contributed by atoms with E-state index in [4.69, 9.17) is 9.15 Å². The Hall–Kier alpha value is -3.15. The van der Waals surface area contributed by atoms with E-state index in [0.29, 0.717) is 17.0 Å². The van der Waals surface area contributed by atoms with Gasteiger partial charge in [-0.1, -0.05) is 0 Å². The minimum Gasteiger partial charge on any atom is -0.484 e. The molecule has 6 heteroatoms. The number of halogens is 1. The van der Waals surface area contributed by atoms with Gasteiger partial charge in [0.2, 0.25) is 0 Å². The summed E-state index contributed by atoms with van der Waals surface area (Å²) in [5.41, 5.74) is 2.48. The zero-order valence-electron chi connectivity index (χ0n) is 13.9. The molecule has 1 aromatic heterocycles. The molecule has 132 valence electrons. The Labute approximate surface area is 148 Å². The molecular weight excluding hydrogens is 337 g/mol. The van der Waals surface area contributed by atoms with Gasteiger partial charge in [-0.2, -0.15) is 0 Å². The Balaban J connectivity index is 1.47. The monoisotopic (exact) mass is 353 g/mol. The lowest BCUT2D eigenvalue weighted by atomic mass is 10.1. The van der Waals surface area contributed by atoms with Crippen molar-refractivity contribution in [3.63, 3.8) is 0 Å². The van der Waals surface area contributed by atoms with E-state index < -0.39 is 0 Å². The fourth-order valence-corrected chi connectivity index (χ4v) is 3.23. The largest absolute Gasteiger partial charge is 0.484 e. The van der Waals surface area contributed by atoms with Crippen molar-refractivity contribution in [1.82, 2.24) is 0 Å². The van der Waals surface area contributed by atoms with E-state index >= 15 is 0 Å². The number of carbonyl (C=O) groups excluding carboxylic acids is 1. The highest BCUT2D eigenvalue weighted by atomic mass is 19.1. The van der Waals surface area contributed by atoms with Crippen molar-refractivity contribution < 1.29 is 18.3 Å². The molecule has 0 unspecified atom stereocenters. The van der Waals surface area contributed by atoms with Gasteiger partial charge in [-0.3, -0.25) is 4.79 Å². The Morgan fingerprint density at radius 2 is 1.88 bits per heavy atom. The molecular formula is C20H16FNO4. The number of ether oxygens (including phenoxy) is 1. The molecule has 3 aromatic rings. The van der Waals surface area contributed by atoms with Crippen LogP contribution in [0.2, 0.25) is 0 Å². The first-order valence-corrected chi connectivity index (χ1v) is 8.37. The van der Waals surface area contributed by atoms with E-state index in [9.17, 15) is 14.0 Å². The van der Waals surface area contributed by atoms with Crippen LogP contribution in [0.3, 0.4) is 0 Å². The average molecular weight is 353 g/mol. The average Bonchev–Trinajstić information content (AvgIpc) is 3.12. The molecule has 1 N–H and O–H groups in total. The Kier molecular flexibility index (Phi) is 4.16. The highest BCUT2D eigenvalue weighted by molar-refractivity contribution is 5.92. The topological polar surface area (TPSA) is 68.5 Å². The van der Waals surface area contributed by atoms with Crippen LogP contribution in [-0.4, -0.2) is 12.5 Å². The third-order valence-corrected chi connectivity index (χ3v) is 4.44. The number of rotatable bonds is 4. The molecule has 1 aliphatic rings. The number of hydrogen-bond acceptors (Lipinski definition) is 4. The van der Waals surface area contributed by atoms with Crippen LogP contribution in [0.1, 0.15) is 17.5 Å². The molecule has 4 rings (SSSR count). The molecule has 5 nitrogen and oxygen atoms in total. The van der Waals surface area contributed by atoms with Gasteiger partial charge in [-0.25, -0.2) is 9.18 Å². The van der Waals surface area contributed by atoms with E-state index in [0.717, 1.165) is 35.8 Å². The first kappa shape index (κ1) is 16.3. The zero-order valence-corrected chi connectivity index (χ0v) is 13.9. The van der Waals surface area contributed by atoms with Crippen LogP contribution in [0.5, 0.6) is 5.75 Å². The number of fused-ring (bicyclic) bond motifs is 3. The predicted octanol–water partition coefficient (Wildman–Crippen LogP) is 3.44. The number of amides is 1. The Morgan fingerprint density at radius 3 is 2.69 bits per heavy atom. The molecule has 2 aromatic carbocycles. The number of benzene rings is 2. The number of hydrogen-bond donors (Lipinski definition) is 1. The zero-order chi connectivity index (χ0) is 18.1. The molecule has 1 heterocycles. The summed E-state index contributed by atoms with van der Waals surface area (Å²) in [5.74, 6) is -0.302. The van der Waals surface area contributed by atoms with Crippen LogP contribution in [0.4, 0.5) is 10.1 Å². The van der Waals surface area contributed by atoms with Crippen molar-refractivity contribution in [1.29, 1.82) is 0 Å². The van der Waals surface area contributed by atoms with Crippen molar-refractivity contribution >= 4 is 22.6 Å². The van der Waals surface area contributed by atoms with Gasteiger partial charge in [0.25, 0.3) is 5.91 Å². The second kappa shape index (κ2) is 6.63. The predicted molar refractivity (Wildman–Crippen MR) is 95.0 cm³/mol. The van der Waals surface area contributed by atoms with E-state index in [1.54, 1.807) is 12.1 Å². The second-order valence-electron chi connectivity index (χ2n) is 6.20. The molecule has 0 bridgehead atoms. The SMILES string of the molecule is O=C(COc1ccc2c3c(c(=O)oc2c1)CCC3)Nc1ccc(F)cc1. The molecule has 1 amide bonds. The first-order valence-electron chi connectivity index (χ1n) is 8.37. The lowest BCUT2D eigenvalue weighted by Crippen LogP contribution is -2.20. The van der Waals surface area contributed by atoms with Crippen LogP contribution in [0.15, 0.2) is 51.7 Å². The molecule has 1 aliphatic carbocycles. The summed E-state index contributed by atoms with van der Waals surface area (Å²) in [6, 6.07) is 10.7. The maximum absolute atomic E-state index is 12.9. The van der Waals surface area contributed by atoms with Gasteiger partial charge in [-0.15, -0.1) is 0 Å². The summed E-state index contributed by atoms with van der Waals surface area (Å²) in [6.07, 6.45) is 2.59. The van der Waals surface area contributed by atoms with Crippen LogP contribution >= 0.6 is 0 Å². The van der Waals surface area contributed by atoms with Gasteiger partial charge in [0, 0.05) is 22.7 Å². The Bertz CT molecular complexity index is 1040. The van der Waals surface area contributed by atoms with Crippen molar-refractivity contribution in [3.05, 3.63) is 69.8 Å². The quantitative estimate of drug-likeness (QED) is 0.730. The summed E-state index contributed by atoms with van der Waals surface area (Å²) < 4.78 is 23.7. The molecule has 0 aliphatic heterocycles. The van der Waals surface area contributed by atoms with Gasteiger partial charge in [0.15, 0.2) is 6.61 Å². The van der Waals surface area contributed by atoms with Crippen LogP contribution in [0, 0.1) is 5.82 Å². The van der Waals surface area contributed by atoms with Crippen LogP contribution in [-0.2, 0) is 17.6 Å². The summed E-state index contributed by atoms with van der Waals surface area (Å²) in [6.45, 7) is -0.210. The van der Waals surface area contributed by atoms with E-state index in [1.807, 2.05) is 6.07 Å². The van der Waals surface area contributed by atoms with E-state index in [-0.39, 0.29) is 24.0 Å². The lowest BCUT2D eigenvalue weighted by Gasteiger charge is -2.09. The van der Waals surface area contributed by atoms with Crippen molar-refractivity contribution in [2.75, 3.05) is 11.9 Å². The lowest BCUT2D eigenvalue weighted by molar-refractivity contribution is -0.118. The van der Waals surface area contributed by atoms with Gasteiger partial charge in [0.05, 0.1) is 0 Å². The van der Waals surface area contributed by atoms with E-state index in [1.165, 1.54) is 24.3 Å². The molecule has 26 heavy (non-hydrogen) atoms. The van der Waals surface area contributed by atoms with Crippen LogP contribution in [0.25, 0.3) is 11.0 Å². The van der Waals surface area contributed by atoms with Gasteiger partial charge in [-0.05, 0) is 61.2 Å². The van der Waals surface area contributed by atoms with Gasteiger partial charge >= 0.3 is 5.63 Å². The molecule has 0 spiro atoms. The number of aryl methyl sites for hydroxylation is 1. The van der Waals surface area contributed by atoms with Gasteiger partial charge in [0.1, 0.15) is 17.1 Å². The van der Waals surface area contributed by atoms with Crippen molar-refractivity contribution in [2.45, 2.75) is 19.3 Å². The fourth-order valence-electron chi connectivity index (χ4n) is 3.23. The highest BCUT2D eigenvalue weighted by Crippen LogP contribution is 2.29. The fraction of sp³-hybridized carbons (Fsp3) is 0.200. The maximum atomic E-state index is 12.9. The second-order valence-corrected chi connectivity index (χ2v) is 6.20. The molecule has 0 fully saturated rings. The third-order valence-electron chi connectivity index (χ3n) is 4.44. The Morgan fingerprint density at radius 1 is 1.12 bits per heavy atom. The highest BCUT2D eigenvalue weighted by Gasteiger charge is 2.19. The molecule has 0 radical (unpaired) electrons. The minimum atomic E-state index is -0.372. The maximum Gasteiger partial charge on any atom is 0.339 e. The molecule has 0 atom stereocenters. The van der Waals surface area contributed by atoms with Crippen molar-refractivity contribution in [2.24, 2.45) is 0 Å².